The lowest BCUT2D eigenvalue weighted by atomic mass is 10.2. The van der Waals surface area contributed by atoms with Gasteiger partial charge in [-0.1, -0.05) is 30.3 Å². The summed E-state index contributed by atoms with van der Waals surface area (Å²) in [5.74, 6) is 0.534. The molecule has 0 unspecified atom stereocenters. The molecule has 3 aromatic rings. The van der Waals surface area contributed by atoms with Crippen molar-refractivity contribution in [1.29, 1.82) is 5.41 Å². The predicted molar refractivity (Wildman–Crippen MR) is 71.2 cm³/mol. The summed E-state index contributed by atoms with van der Waals surface area (Å²) in [6, 6.07) is 9.44. The summed E-state index contributed by atoms with van der Waals surface area (Å²) in [6.45, 7) is 0. The van der Waals surface area contributed by atoms with Gasteiger partial charge in [0.25, 0.3) is 0 Å². The van der Waals surface area contributed by atoms with Crippen LogP contribution in [0, 0.1) is 5.41 Å². The Balaban J connectivity index is 2.05. The lowest BCUT2D eigenvalue weighted by Crippen LogP contribution is -2.18. The van der Waals surface area contributed by atoms with Crippen LogP contribution in [-0.2, 0) is 0 Å². The number of nitrogens with one attached hydrogen (secondary N) is 1. The van der Waals surface area contributed by atoms with E-state index < -0.39 is 0 Å². The van der Waals surface area contributed by atoms with Crippen LogP contribution in [0.5, 0.6) is 0 Å². The summed E-state index contributed by atoms with van der Waals surface area (Å²) in [5, 5.41) is 19.6. The molecule has 98 valence electrons. The Labute approximate surface area is 113 Å². The van der Waals surface area contributed by atoms with E-state index >= 15 is 0 Å². The molecule has 2 heterocycles. The first-order valence-corrected chi connectivity index (χ1v) is 5.77. The standard InChI is InChI=1S/C12H10N8/c13-10(14)9-12(16-7-6-15-9)20-18-11(17-19-20)8-4-2-1-3-5-8/h1-7H,(H3,13,14). The summed E-state index contributed by atoms with van der Waals surface area (Å²) in [5.41, 5.74) is 6.51. The topological polar surface area (TPSA) is 119 Å². The monoisotopic (exact) mass is 266 g/mol. The fourth-order valence-electron chi connectivity index (χ4n) is 1.67. The van der Waals surface area contributed by atoms with Gasteiger partial charge >= 0.3 is 0 Å². The molecular weight excluding hydrogens is 256 g/mol. The van der Waals surface area contributed by atoms with Gasteiger partial charge in [-0.25, -0.2) is 9.97 Å². The number of aromatic nitrogens is 6. The average molecular weight is 266 g/mol. The van der Waals surface area contributed by atoms with Crippen LogP contribution < -0.4 is 5.73 Å². The molecule has 8 heteroatoms. The van der Waals surface area contributed by atoms with E-state index in [1.807, 2.05) is 30.3 Å². The zero-order valence-electron chi connectivity index (χ0n) is 10.3. The first kappa shape index (κ1) is 11.9. The highest BCUT2D eigenvalue weighted by atomic mass is 15.6. The van der Waals surface area contributed by atoms with Gasteiger partial charge in [0.05, 0.1) is 0 Å². The number of nitrogens with zero attached hydrogens (tertiary/aromatic N) is 6. The molecule has 0 aliphatic carbocycles. The molecule has 0 radical (unpaired) electrons. The van der Waals surface area contributed by atoms with Gasteiger partial charge in [0, 0.05) is 18.0 Å². The minimum atomic E-state index is -0.202. The number of amidine groups is 1. The van der Waals surface area contributed by atoms with Crippen molar-refractivity contribution in [3.05, 3.63) is 48.4 Å². The number of nitrogens with two attached hydrogens (primary N) is 1. The molecule has 0 spiro atoms. The molecule has 0 atom stereocenters. The average Bonchev–Trinajstić information content (AvgIpc) is 2.98. The Kier molecular flexibility index (Phi) is 2.88. The van der Waals surface area contributed by atoms with Crippen molar-refractivity contribution in [1.82, 2.24) is 30.2 Å². The number of rotatable bonds is 3. The molecule has 3 rings (SSSR count). The molecule has 2 aromatic heterocycles. The van der Waals surface area contributed by atoms with Crippen LogP contribution in [0.4, 0.5) is 0 Å². The Morgan fingerprint density at radius 2 is 1.85 bits per heavy atom. The van der Waals surface area contributed by atoms with E-state index in [4.69, 9.17) is 11.1 Å². The van der Waals surface area contributed by atoms with E-state index in [0.29, 0.717) is 5.82 Å². The maximum atomic E-state index is 7.48. The molecule has 0 bridgehead atoms. The molecule has 0 saturated carbocycles. The second-order valence-electron chi connectivity index (χ2n) is 3.91. The molecule has 3 N–H and O–H groups in total. The van der Waals surface area contributed by atoms with Gasteiger partial charge < -0.3 is 5.73 Å². The molecule has 0 aliphatic rings. The minimum Gasteiger partial charge on any atom is -0.382 e. The van der Waals surface area contributed by atoms with E-state index in [1.54, 1.807) is 0 Å². The molecule has 0 amide bonds. The van der Waals surface area contributed by atoms with Gasteiger partial charge in [0.15, 0.2) is 5.69 Å². The number of hydrogen-bond donors (Lipinski definition) is 2. The number of nitrogen functional groups attached to an aromatic ring is 1. The van der Waals surface area contributed by atoms with Gasteiger partial charge in [-0.15, -0.1) is 15.0 Å². The van der Waals surface area contributed by atoms with Crippen molar-refractivity contribution in [2.24, 2.45) is 5.73 Å². The summed E-state index contributed by atoms with van der Waals surface area (Å²) in [6.07, 6.45) is 2.93. The highest BCUT2D eigenvalue weighted by molar-refractivity contribution is 5.95. The van der Waals surface area contributed by atoms with Crippen molar-refractivity contribution in [2.75, 3.05) is 0 Å². The van der Waals surface area contributed by atoms with Gasteiger partial charge in [-0.05, 0) is 5.21 Å². The van der Waals surface area contributed by atoms with E-state index in [9.17, 15) is 0 Å². The Morgan fingerprint density at radius 1 is 1.10 bits per heavy atom. The quantitative estimate of drug-likeness (QED) is 0.523. The van der Waals surface area contributed by atoms with Crippen LogP contribution in [0.15, 0.2) is 42.7 Å². The third kappa shape index (κ3) is 2.09. The van der Waals surface area contributed by atoms with Crippen LogP contribution in [-0.4, -0.2) is 36.0 Å². The van der Waals surface area contributed by atoms with E-state index in [-0.39, 0.29) is 17.3 Å². The van der Waals surface area contributed by atoms with E-state index in [2.05, 4.69) is 25.4 Å². The SMILES string of the molecule is N=C(N)c1nccnc1-n1nnc(-c2ccccc2)n1. The first-order chi connectivity index (χ1) is 9.75. The Bertz CT molecular complexity index is 749. The second kappa shape index (κ2) is 4.84. The van der Waals surface area contributed by atoms with Crippen LogP contribution in [0.3, 0.4) is 0 Å². The maximum Gasteiger partial charge on any atom is 0.205 e. The van der Waals surface area contributed by atoms with Crippen molar-refractivity contribution < 1.29 is 0 Å². The minimum absolute atomic E-state index is 0.202. The van der Waals surface area contributed by atoms with Crippen LogP contribution in [0.1, 0.15) is 5.69 Å². The zero-order valence-corrected chi connectivity index (χ0v) is 10.3. The summed E-state index contributed by atoms with van der Waals surface area (Å²) < 4.78 is 0. The molecule has 1 aromatic carbocycles. The Morgan fingerprint density at radius 3 is 2.60 bits per heavy atom. The summed E-state index contributed by atoms with van der Waals surface area (Å²) >= 11 is 0. The lowest BCUT2D eigenvalue weighted by molar-refractivity contribution is 0.694. The van der Waals surface area contributed by atoms with Crippen LogP contribution in [0.25, 0.3) is 17.2 Å². The second-order valence-corrected chi connectivity index (χ2v) is 3.91. The molecule has 0 saturated heterocycles. The zero-order chi connectivity index (χ0) is 13.9. The molecule has 8 nitrogen and oxygen atoms in total. The summed E-state index contributed by atoms with van der Waals surface area (Å²) in [4.78, 5) is 9.30. The summed E-state index contributed by atoms with van der Waals surface area (Å²) in [7, 11) is 0. The highest BCUT2D eigenvalue weighted by Gasteiger charge is 2.14. The third-order valence-electron chi connectivity index (χ3n) is 2.57. The number of benzene rings is 1. The van der Waals surface area contributed by atoms with Crippen molar-refractivity contribution in [3.63, 3.8) is 0 Å². The van der Waals surface area contributed by atoms with Gasteiger partial charge in [-0.2, -0.15) is 0 Å². The van der Waals surface area contributed by atoms with Crippen molar-refractivity contribution in [2.45, 2.75) is 0 Å². The fraction of sp³-hybridized carbons (Fsp3) is 0. The molecule has 0 fully saturated rings. The highest BCUT2D eigenvalue weighted by Crippen LogP contribution is 2.13. The van der Waals surface area contributed by atoms with Crippen LogP contribution >= 0.6 is 0 Å². The van der Waals surface area contributed by atoms with Gasteiger partial charge in [-0.3, -0.25) is 5.41 Å². The lowest BCUT2D eigenvalue weighted by Gasteiger charge is -2.02. The van der Waals surface area contributed by atoms with Gasteiger partial charge in [0.1, 0.15) is 5.84 Å². The number of hydrogen-bond acceptors (Lipinski definition) is 6. The van der Waals surface area contributed by atoms with Crippen molar-refractivity contribution in [3.8, 4) is 17.2 Å². The normalized spacial score (nSPS) is 10.4. The smallest absolute Gasteiger partial charge is 0.205 e. The van der Waals surface area contributed by atoms with Crippen LogP contribution in [0.2, 0.25) is 0 Å². The fourth-order valence-corrected chi connectivity index (χ4v) is 1.67. The largest absolute Gasteiger partial charge is 0.382 e. The third-order valence-corrected chi connectivity index (χ3v) is 2.57. The number of tetrazole rings is 1. The maximum absolute atomic E-state index is 7.48. The molecular formula is C12H10N8. The van der Waals surface area contributed by atoms with E-state index in [0.717, 1.165) is 5.56 Å². The van der Waals surface area contributed by atoms with E-state index in [1.165, 1.54) is 17.2 Å². The molecule has 20 heavy (non-hydrogen) atoms. The van der Waals surface area contributed by atoms with Crippen molar-refractivity contribution >= 4 is 5.84 Å². The first-order valence-electron chi connectivity index (χ1n) is 5.77. The Hall–Kier alpha value is -3.16. The molecule has 0 aliphatic heterocycles. The van der Waals surface area contributed by atoms with Gasteiger partial charge in [0.2, 0.25) is 11.6 Å². The predicted octanol–water partition coefficient (Wildman–Crippen LogP) is 0.403.